The summed E-state index contributed by atoms with van der Waals surface area (Å²) in [5.74, 6) is 0.686. The highest BCUT2D eigenvalue weighted by Gasteiger charge is 2.24. The van der Waals surface area contributed by atoms with E-state index in [0.717, 1.165) is 62.3 Å². The second-order valence-corrected chi connectivity index (χ2v) is 8.82. The number of hydrogen-bond acceptors (Lipinski definition) is 6. The minimum absolute atomic E-state index is 0.202. The molecule has 3 aromatic rings. The molecular formula is C26H34N4O4. The van der Waals surface area contributed by atoms with Crippen LogP contribution in [-0.4, -0.2) is 56.8 Å². The molecule has 0 aliphatic carbocycles. The Bertz CT molecular complexity index is 1120. The summed E-state index contributed by atoms with van der Waals surface area (Å²) in [4.78, 5) is 13.7. The molecule has 182 valence electrons. The molecule has 0 atom stereocenters. The van der Waals surface area contributed by atoms with Crippen molar-refractivity contribution in [1.29, 1.82) is 0 Å². The zero-order chi connectivity index (χ0) is 24.1. The Morgan fingerprint density at radius 1 is 1.09 bits per heavy atom. The van der Waals surface area contributed by atoms with E-state index in [1.165, 1.54) is 5.56 Å². The van der Waals surface area contributed by atoms with Gasteiger partial charge in [0.2, 0.25) is 0 Å². The molecule has 0 unspecified atom stereocenters. The molecule has 2 aromatic carbocycles. The van der Waals surface area contributed by atoms with E-state index in [0.29, 0.717) is 12.1 Å². The second-order valence-electron chi connectivity index (χ2n) is 8.82. The van der Waals surface area contributed by atoms with E-state index in [1.807, 2.05) is 23.7 Å². The summed E-state index contributed by atoms with van der Waals surface area (Å²) < 4.78 is 14.0. The lowest BCUT2D eigenvalue weighted by Crippen LogP contribution is -2.34. The predicted molar refractivity (Wildman–Crippen MR) is 131 cm³/mol. The summed E-state index contributed by atoms with van der Waals surface area (Å²) in [5.41, 5.74) is 2.96. The highest BCUT2D eigenvalue weighted by atomic mass is 16.5. The van der Waals surface area contributed by atoms with Crippen LogP contribution >= 0.6 is 0 Å². The van der Waals surface area contributed by atoms with Gasteiger partial charge in [0.05, 0.1) is 29.8 Å². The molecule has 0 bridgehead atoms. The monoisotopic (exact) mass is 466 g/mol. The summed E-state index contributed by atoms with van der Waals surface area (Å²) in [7, 11) is 0. The average molecular weight is 467 g/mol. The van der Waals surface area contributed by atoms with Gasteiger partial charge in [-0.1, -0.05) is 25.1 Å². The van der Waals surface area contributed by atoms with Crippen LogP contribution in [0.2, 0.25) is 0 Å². The normalized spacial score (nSPS) is 15.2. The molecule has 4 rings (SSSR count). The number of nitrogens with zero attached hydrogens (tertiary/aromatic N) is 4. The molecule has 1 saturated heterocycles. The molecule has 0 amide bonds. The molecule has 1 fully saturated rings. The smallest absolute Gasteiger partial charge is 0.335 e. The van der Waals surface area contributed by atoms with E-state index in [4.69, 9.17) is 9.47 Å². The first kappa shape index (κ1) is 24.0. The number of piperidine rings is 1. The molecule has 0 radical (unpaired) electrons. The molecule has 0 saturated carbocycles. The largest absolute Gasteiger partial charge is 0.490 e. The van der Waals surface area contributed by atoms with Crippen molar-refractivity contribution < 1.29 is 19.4 Å². The summed E-state index contributed by atoms with van der Waals surface area (Å²) in [6.07, 6.45) is 4.08. The number of aromatic nitrogens is 3. The number of aromatic carboxylic acids is 1. The lowest BCUT2D eigenvalue weighted by Gasteiger charge is -2.32. The van der Waals surface area contributed by atoms with Crippen LogP contribution in [0.25, 0.3) is 11.0 Å². The molecule has 34 heavy (non-hydrogen) atoms. The highest BCUT2D eigenvalue weighted by Crippen LogP contribution is 2.32. The topological polar surface area (TPSA) is 89.7 Å². The third-order valence-corrected chi connectivity index (χ3v) is 6.54. The molecule has 2 heterocycles. The Kier molecular flexibility index (Phi) is 7.67. The number of carboxylic acids is 1. The highest BCUT2D eigenvalue weighted by molar-refractivity contribution is 5.92. The number of fused-ring (bicyclic) bond motifs is 1. The van der Waals surface area contributed by atoms with Crippen LogP contribution in [0.4, 0.5) is 0 Å². The second kappa shape index (κ2) is 10.9. The van der Waals surface area contributed by atoms with Crippen molar-refractivity contribution in [1.82, 2.24) is 19.9 Å². The fraction of sp³-hybridized carbons (Fsp3) is 0.500. The van der Waals surface area contributed by atoms with Crippen molar-refractivity contribution in [2.75, 3.05) is 19.7 Å². The molecule has 1 N–H and O–H groups in total. The van der Waals surface area contributed by atoms with Crippen LogP contribution in [0.15, 0.2) is 36.4 Å². The van der Waals surface area contributed by atoms with Crippen molar-refractivity contribution in [3.05, 3.63) is 47.5 Å². The standard InChI is InChI=1S/C26H34N4O4/c1-4-21(5-2)34-24-10-7-18(15-25(24)33-6-3)17-29-13-11-20(12-14-29)30-23-9-8-19(26(31)32)16-22(23)27-28-30/h7-10,15-16,20-21H,4-6,11-14,17H2,1-3H3,(H,31,32). The minimum Gasteiger partial charge on any atom is -0.490 e. The molecule has 8 nitrogen and oxygen atoms in total. The summed E-state index contributed by atoms with van der Waals surface area (Å²) in [6.45, 7) is 9.65. The van der Waals surface area contributed by atoms with Crippen LogP contribution in [0.1, 0.15) is 68.4 Å². The Morgan fingerprint density at radius 2 is 1.85 bits per heavy atom. The number of likely N-dealkylation sites (tertiary alicyclic amines) is 1. The van der Waals surface area contributed by atoms with Gasteiger partial charge in [0, 0.05) is 19.6 Å². The van der Waals surface area contributed by atoms with E-state index in [2.05, 4.69) is 41.2 Å². The van der Waals surface area contributed by atoms with Crippen molar-refractivity contribution in [2.24, 2.45) is 0 Å². The zero-order valence-electron chi connectivity index (χ0n) is 20.2. The molecule has 0 spiro atoms. The van der Waals surface area contributed by atoms with Gasteiger partial charge >= 0.3 is 5.97 Å². The number of rotatable bonds is 10. The fourth-order valence-corrected chi connectivity index (χ4v) is 4.58. The van der Waals surface area contributed by atoms with E-state index in [9.17, 15) is 9.90 Å². The number of hydrogen-bond donors (Lipinski definition) is 1. The average Bonchev–Trinajstić information content (AvgIpc) is 3.27. The maximum absolute atomic E-state index is 11.2. The zero-order valence-corrected chi connectivity index (χ0v) is 20.2. The lowest BCUT2D eigenvalue weighted by atomic mass is 10.0. The third kappa shape index (κ3) is 5.33. The lowest BCUT2D eigenvalue weighted by molar-refractivity contribution is 0.0697. The van der Waals surface area contributed by atoms with Gasteiger partial charge in [-0.3, -0.25) is 4.90 Å². The Labute approximate surface area is 200 Å². The minimum atomic E-state index is -0.951. The van der Waals surface area contributed by atoms with Gasteiger partial charge in [-0.25, -0.2) is 9.48 Å². The van der Waals surface area contributed by atoms with Crippen molar-refractivity contribution in [3.8, 4) is 11.5 Å². The van der Waals surface area contributed by atoms with Gasteiger partial charge in [0.25, 0.3) is 0 Å². The first-order valence-corrected chi connectivity index (χ1v) is 12.2. The van der Waals surface area contributed by atoms with Crippen molar-refractivity contribution in [3.63, 3.8) is 0 Å². The summed E-state index contributed by atoms with van der Waals surface area (Å²) in [5, 5.41) is 17.7. The van der Waals surface area contributed by atoms with E-state index in [1.54, 1.807) is 12.1 Å². The van der Waals surface area contributed by atoms with Crippen LogP contribution in [0.3, 0.4) is 0 Å². The maximum atomic E-state index is 11.2. The van der Waals surface area contributed by atoms with Gasteiger partial charge in [0.1, 0.15) is 5.52 Å². The van der Waals surface area contributed by atoms with E-state index >= 15 is 0 Å². The quantitative estimate of drug-likeness (QED) is 0.453. The number of carboxylic acid groups (broad SMARTS) is 1. The van der Waals surface area contributed by atoms with E-state index < -0.39 is 5.97 Å². The van der Waals surface area contributed by atoms with Crippen LogP contribution in [0, 0.1) is 0 Å². The fourth-order valence-electron chi connectivity index (χ4n) is 4.58. The number of ether oxygens (including phenoxy) is 2. The molecular weight excluding hydrogens is 432 g/mol. The molecule has 1 aliphatic rings. The first-order chi connectivity index (χ1) is 16.5. The SMILES string of the molecule is CCOc1cc(CN2CCC(n3nnc4cc(C(=O)O)ccc43)CC2)ccc1OC(CC)CC. The van der Waals surface area contributed by atoms with Gasteiger partial charge in [-0.15, -0.1) is 5.10 Å². The van der Waals surface area contributed by atoms with Gasteiger partial charge in [-0.2, -0.15) is 0 Å². The molecule has 8 heteroatoms. The predicted octanol–water partition coefficient (Wildman–Crippen LogP) is 4.93. The first-order valence-electron chi connectivity index (χ1n) is 12.2. The Balaban J connectivity index is 1.39. The Morgan fingerprint density at radius 3 is 2.53 bits per heavy atom. The number of benzene rings is 2. The number of carbonyl (C=O) groups is 1. The van der Waals surface area contributed by atoms with Gasteiger partial charge < -0.3 is 14.6 Å². The summed E-state index contributed by atoms with van der Waals surface area (Å²) in [6, 6.07) is 11.6. The molecule has 1 aromatic heterocycles. The maximum Gasteiger partial charge on any atom is 0.335 e. The van der Waals surface area contributed by atoms with Crippen LogP contribution in [-0.2, 0) is 6.54 Å². The van der Waals surface area contributed by atoms with Crippen molar-refractivity contribution >= 4 is 17.0 Å². The van der Waals surface area contributed by atoms with Crippen molar-refractivity contribution in [2.45, 2.75) is 65.1 Å². The van der Waals surface area contributed by atoms with Gasteiger partial charge in [-0.05, 0) is 68.5 Å². The van der Waals surface area contributed by atoms with Gasteiger partial charge in [0.15, 0.2) is 11.5 Å². The van der Waals surface area contributed by atoms with E-state index in [-0.39, 0.29) is 17.7 Å². The summed E-state index contributed by atoms with van der Waals surface area (Å²) >= 11 is 0. The van der Waals surface area contributed by atoms with Crippen LogP contribution in [0.5, 0.6) is 11.5 Å². The molecule has 1 aliphatic heterocycles. The van der Waals surface area contributed by atoms with Crippen LogP contribution < -0.4 is 9.47 Å². The Hall–Kier alpha value is -3.13. The third-order valence-electron chi connectivity index (χ3n) is 6.54.